The molecule has 3 rings (SSSR count). The molecule has 1 saturated heterocycles. The molecular weight excluding hydrogens is 328 g/mol. The SMILES string of the molecule is CC.CC.CCC(c1ccc(C)cc1)C(C)(C)C1CO1.Cc1ccccc1. The van der Waals surface area contributed by atoms with Gasteiger partial charge in [0.15, 0.2) is 0 Å². The number of hydrogen-bond donors (Lipinski definition) is 0. The number of ether oxygens (including phenoxy) is 1. The van der Waals surface area contributed by atoms with Gasteiger partial charge < -0.3 is 4.74 Å². The standard InChI is InChI=1S/C15H22O.C7H8.2C2H6/c1-5-13(15(3,4)14-10-16-14)12-8-6-11(2)7-9-12;1-7-5-3-2-4-6-7;2*1-2/h6-9,13-14H,5,10H2,1-4H3;2-6H,1H3;2*1-2H3. The van der Waals surface area contributed by atoms with Crippen molar-refractivity contribution in [3.8, 4) is 0 Å². The molecule has 1 heteroatoms. The van der Waals surface area contributed by atoms with Crippen LogP contribution in [0.4, 0.5) is 0 Å². The molecule has 0 N–H and O–H groups in total. The third-order valence-corrected chi connectivity index (χ3v) is 4.89. The average molecular weight is 371 g/mol. The van der Waals surface area contributed by atoms with Crippen molar-refractivity contribution in [1.29, 1.82) is 0 Å². The molecule has 2 aromatic rings. The minimum absolute atomic E-state index is 0.254. The Labute approximate surface area is 169 Å². The summed E-state index contributed by atoms with van der Waals surface area (Å²) in [6, 6.07) is 19.2. The van der Waals surface area contributed by atoms with Crippen LogP contribution in [0.3, 0.4) is 0 Å². The molecule has 0 spiro atoms. The first-order valence-electron chi connectivity index (χ1n) is 10.6. The Kier molecular flexibility index (Phi) is 12.7. The Morgan fingerprint density at radius 1 is 0.852 bits per heavy atom. The van der Waals surface area contributed by atoms with E-state index in [0.717, 1.165) is 6.61 Å². The minimum Gasteiger partial charge on any atom is -0.373 e. The van der Waals surface area contributed by atoms with E-state index in [9.17, 15) is 0 Å². The second-order valence-electron chi connectivity index (χ2n) is 7.17. The molecule has 0 bridgehead atoms. The Morgan fingerprint density at radius 2 is 1.30 bits per heavy atom. The number of rotatable bonds is 4. The van der Waals surface area contributed by atoms with Crippen molar-refractivity contribution in [3.05, 3.63) is 71.3 Å². The van der Waals surface area contributed by atoms with Gasteiger partial charge in [-0.15, -0.1) is 0 Å². The maximum absolute atomic E-state index is 5.50. The molecule has 1 fully saturated rings. The number of epoxide rings is 1. The van der Waals surface area contributed by atoms with Crippen LogP contribution in [-0.4, -0.2) is 12.7 Å². The van der Waals surface area contributed by atoms with Crippen LogP contribution in [0.5, 0.6) is 0 Å². The molecule has 0 amide bonds. The van der Waals surface area contributed by atoms with Gasteiger partial charge in [-0.25, -0.2) is 0 Å². The molecule has 1 heterocycles. The Balaban J connectivity index is 0.000000514. The van der Waals surface area contributed by atoms with Crippen molar-refractivity contribution in [2.45, 2.75) is 80.8 Å². The van der Waals surface area contributed by atoms with Gasteiger partial charge in [-0.2, -0.15) is 0 Å². The van der Waals surface area contributed by atoms with Gasteiger partial charge in [-0.3, -0.25) is 0 Å². The van der Waals surface area contributed by atoms with E-state index in [4.69, 9.17) is 4.74 Å². The van der Waals surface area contributed by atoms with Gasteiger partial charge in [0.2, 0.25) is 0 Å². The molecule has 0 radical (unpaired) electrons. The van der Waals surface area contributed by atoms with E-state index in [1.54, 1.807) is 0 Å². The zero-order valence-electron chi connectivity index (χ0n) is 19.2. The number of aryl methyl sites for hydroxylation is 2. The topological polar surface area (TPSA) is 12.5 Å². The summed E-state index contributed by atoms with van der Waals surface area (Å²) in [4.78, 5) is 0. The second-order valence-corrected chi connectivity index (χ2v) is 7.17. The highest BCUT2D eigenvalue weighted by Crippen LogP contribution is 2.45. The van der Waals surface area contributed by atoms with Crippen LogP contribution in [0, 0.1) is 19.3 Å². The molecule has 0 saturated carbocycles. The van der Waals surface area contributed by atoms with Gasteiger partial charge in [0.05, 0.1) is 12.7 Å². The zero-order chi connectivity index (χ0) is 20.9. The fourth-order valence-electron chi connectivity index (χ4n) is 3.23. The fourth-order valence-corrected chi connectivity index (χ4v) is 3.23. The molecule has 2 atom stereocenters. The zero-order valence-corrected chi connectivity index (χ0v) is 19.2. The van der Waals surface area contributed by atoms with Crippen molar-refractivity contribution in [2.75, 3.05) is 6.61 Å². The lowest BCUT2D eigenvalue weighted by Crippen LogP contribution is -2.27. The summed E-state index contributed by atoms with van der Waals surface area (Å²) in [7, 11) is 0. The summed E-state index contributed by atoms with van der Waals surface area (Å²) in [6.45, 7) is 20.1. The maximum atomic E-state index is 5.50. The van der Waals surface area contributed by atoms with Crippen LogP contribution in [0.25, 0.3) is 0 Å². The third-order valence-electron chi connectivity index (χ3n) is 4.89. The summed E-state index contributed by atoms with van der Waals surface area (Å²) in [5, 5.41) is 0. The quantitative estimate of drug-likeness (QED) is 0.497. The van der Waals surface area contributed by atoms with E-state index in [0.29, 0.717) is 12.0 Å². The van der Waals surface area contributed by atoms with Crippen LogP contribution in [0.1, 0.15) is 77.5 Å². The first kappa shape index (κ1) is 25.4. The lowest BCUT2D eigenvalue weighted by Gasteiger charge is -2.33. The molecule has 2 unspecified atom stereocenters. The van der Waals surface area contributed by atoms with E-state index in [2.05, 4.69) is 71.0 Å². The van der Waals surface area contributed by atoms with E-state index in [1.165, 1.54) is 23.1 Å². The Hall–Kier alpha value is -1.60. The van der Waals surface area contributed by atoms with Crippen molar-refractivity contribution in [1.82, 2.24) is 0 Å². The highest BCUT2D eigenvalue weighted by molar-refractivity contribution is 5.26. The summed E-state index contributed by atoms with van der Waals surface area (Å²) in [5.41, 5.74) is 4.36. The Morgan fingerprint density at radius 3 is 1.63 bits per heavy atom. The Bertz CT molecular complexity index is 579. The lowest BCUT2D eigenvalue weighted by atomic mass is 9.71. The minimum atomic E-state index is 0.254. The van der Waals surface area contributed by atoms with Crippen molar-refractivity contribution in [3.63, 3.8) is 0 Å². The summed E-state index contributed by atoms with van der Waals surface area (Å²) < 4.78 is 5.50. The maximum Gasteiger partial charge on any atom is 0.0866 e. The molecule has 0 aromatic heterocycles. The molecule has 152 valence electrons. The largest absolute Gasteiger partial charge is 0.373 e. The van der Waals surface area contributed by atoms with Crippen molar-refractivity contribution >= 4 is 0 Å². The van der Waals surface area contributed by atoms with E-state index in [-0.39, 0.29) is 5.41 Å². The predicted octanol–water partition coefficient (Wildman–Crippen LogP) is 7.96. The van der Waals surface area contributed by atoms with Gasteiger partial charge in [0, 0.05) is 5.41 Å². The monoisotopic (exact) mass is 370 g/mol. The van der Waals surface area contributed by atoms with Gasteiger partial charge in [-0.05, 0) is 31.7 Å². The fraction of sp³-hybridized carbons (Fsp3) is 0.538. The molecular formula is C26H42O. The van der Waals surface area contributed by atoms with E-state index < -0.39 is 0 Å². The third kappa shape index (κ3) is 8.75. The van der Waals surface area contributed by atoms with Crippen LogP contribution in [0.15, 0.2) is 54.6 Å². The van der Waals surface area contributed by atoms with Crippen LogP contribution < -0.4 is 0 Å². The van der Waals surface area contributed by atoms with Crippen molar-refractivity contribution < 1.29 is 4.74 Å². The van der Waals surface area contributed by atoms with Gasteiger partial charge in [0.1, 0.15) is 0 Å². The van der Waals surface area contributed by atoms with Gasteiger partial charge in [0.25, 0.3) is 0 Å². The summed E-state index contributed by atoms with van der Waals surface area (Å²) in [6.07, 6.45) is 1.63. The first-order chi connectivity index (χ1) is 12.9. The highest BCUT2D eigenvalue weighted by atomic mass is 16.6. The molecule has 1 nitrogen and oxygen atoms in total. The van der Waals surface area contributed by atoms with Crippen LogP contribution in [-0.2, 0) is 4.74 Å². The predicted molar refractivity (Wildman–Crippen MR) is 122 cm³/mol. The number of benzene rings is 2. The van der Waals surface area contributed by atoms with Crippen molar-refractivity contribution in [2.24, 2.45) is 5.41 Å². The van der Waals surface area contributed by atoms with Crippen LogP contribution in [0.2, 0.25) is 0 Å². The molecule has 1 aliphatic rings. The van der Waals surface area contributed by atoms with Crippen LogP contribution >= 0.6 is 0 Å². The highest BCUT2D eigenvalue weighted by Gasteiger charge is 2.44. The first-order valence-corrected chi connectivity index (χ1v) is 10.6. The van der Waals surface area contributed by atoms with Gasteiger partial charge in [-0.1, -0.05) is 114 Å². The normalized spacial score (nSPS) is 15.7. The smallest absolute Gasteiger partial charge is 0.0866 e. The lowest BCUT2D eigenvalue weighted by molar-refractivity contribution is 0.194. The molecule has 1 aliphatic heterocycles. The summed E-state index contributed by atoms with van der Waals surface area (Å²) in [5.74, 6) is 0.598. The van der Waals surface area contributed by atoms with E-state index in [1.807, 2.05) is 45.9 Å². The van der Waals surface area contributed by atoms with E-state index >= 15 is 0 Å². The average Bonchev–Trinajstić information content (AvgIpc) is 3.54. The molecule has 27 heavy (non-hydrogen) atoms. The number of hydrogen-bond acceptors (Lipinski definition) is 1. The second kappa shape index (κ2) is 13.6. The molecule has 0 aliphatic carbocycles. The molecule has 2 aromatic carbocycles. The summed E-state index contributed by atoms with van der Waals surface area (Å²) >= 11 is 0. The van der Waals surface area contributed by atoms with Gasteiger partial charge >= 0.3 is 0 Å².